The smallest absolute Gasteiger partial charge is 0.126 e. The van der Waals surface area contributed by atoms with Gasteiger partial charge in [0.1, 0.15) is 11.6 Å². The molecule has 1 atom stereocenters. The largest absolute Gasteiger partial charge is 0.316 e. The van der Waals surface area contributed by atoms with E-state index < -0.39 is 5.82 Å². The molecule has 1 aromatic carbocycles. The Labute approximate surface area is 111 Å². The first-order chi connectivity index (χ1) is 9.19. The molecule has 2 nitrogen and oxygen atoms in total. The Bertz CT molecular complexity index is 529. The Morgan fingerprint density at radius 3 is 2.68 bits per heavy atom. The molecule has 1 N–H and O–H groups in total. The van der Waals surface area contributed by atoms with Crippen LogP contribution in [0, 0.1) is 11.6 Å². The summed E-state index contributed by atoms with van der Waals surface area (Å²) < 4.78 is 26.7. The average molecular weight is 262 g/mol. The van der Waals surface area contributed by atoms with Crippen LogP contribution in [0.4, 0.5) is 8.78 Å². The monoisotopic (exact) mass is 262 g/mol. The summed E-state index contributed by atoms with van der Waals surface area (Å²) in [4.78, 5) is 4.24. The van der Waals surface area contributed by atoms with Crippen molar-refractivity contribution in [3.8, 4) is 0 Å². The van der Waals surface area contributed by atoms with E-state index in [9.17, 15) is 8.78 Å². The van der Waals surface area contributed by atoms with Gasteiger partial charge in [-0.15, -0.1) is 0 Å². The lowest BCUT2D eigenvalue weighted by atomic mass is 10.0. The lowest BCUT2D eigenvalue weighted by molar-refractivity contribution is 0.522. The number of rotatable bonds is 5. The Morgan fingerprint density at radius 2 is 2.00 bits per heavy atom. The molecule has 0 amide bonds. The summed E-state index contributed by atoms with van der Waals surface area (Å²) in [5, 5.41) is 3.12. The third kappa shape index (κ3) is 3.83. The van der Waals surface area contributed by atoms with Crippen molar-refractivity contribution in [3.05, 3.63) is 65.5 Å². The second-order valence-electron chi connectivity index (χ2n) is 4.45. The van der Waals surface area contributed by atoms with Gasteiger partial charge in [-0.1, -0.05) is 6.07 Å². The van der Waals surface area contributed by atoms with Crippen LogP contribution in [0.15, 0.2) is 42.6 Å². The number of benzene rings is 1. The molecule has 100 valence electrons. The minimum Gasteiger partial charge on any atom is -0.316 e. The molecule has 0 aliphatic heterocycles. The first kappa shape index (κ1) is 13.6. The average Bonchev–Trinajstić information content (AvgIpc) is 2.43. The van der Waals surface area contributed by atoms with E-state index in [1.54, 1.807) is 6.20 Å². The van der Waals surface area contributed by atoms with Gasteiger partial charge in [-0.2, -0.15) is 0 Å². The maximum atomic E-state index is 13.6. The summed E-state index contributed by atoms with van der Waals surface area (Å²) in [6, 6.07) is 9.25. The lowest BCUT2D eigenvalue weighted by Crippen LogP contribution is -2.30. The molecule has 0 bridgehead atoms. The fourth-order valence-corrected chi connectivity index (χ4v) is 2.01. The van der Waals surface area contributed by atoms with E-state index >= 15 is 0 Å². The van der Waals surface area contributed by atoms with E-state index in [2.05, 4.69) is 10.3 Å². The van der Waals surface area contributed by atoms with Crippen molar-refractivity contribution in [1.82, 2.24) is 10.3 Å². The number of pyridine rings is 1. The molecule has 4 heteroatoms. The van der Waals surface area contributed by atoms with Crippen molar-refractivity contribution in [2.24, 2.45) is 0 Å². The van der Waals surface area contributed by atoms with Crippen molar-refractivity contribution in [2.45, 2.75) is 18.9 Å². The number of hydrogen-bond acceptors (Lipinski definition) is 2. The van der Waals surface area contributed by atoms with Gasteiger partial charge in [-0.05, 0) is 49.4 Å². The van der Waals surface area contributed by atoms with Gasteiger partial charge in [-0.25, -0.2) is 8.78 Å². The van der Waals surface area contributed by atoms with Gasteiger partial charge in [0.2, 0.25) is 0 Å². The van der Waals surface area contributed by atoms with E-state index in [1.165, 1.54) is 6.07 Å². The minimum atomic E-state index is -0.413. The van der Waals surface area contributed by atoms with Gasteiger partial charge in [0.05, 0.1) is 0 Å². The van der Waals surface area contributed by atoms with Crippen LogP contribution in [0.5, 0.6) is 0 Å². The topological polar surface area (TPSA) is 24.9 Å². The van der Waals surface area contributed by atoms with Gasteiger partial charge in [0, 0.05) is 24.4 Å². The standard InChI is InChI=1S/C15H16F2N2/c1-18-14(10-13-4-2-3-7-19-13)9-11-8-12(16)5-6-15(11)17/h2-8,14,18H,9-10H2,1H3. The molecule has 0 saturated heterocycles. The first-order valence-electron chi connectivity index (χ1n) is 6.20. The van der Waals surface area contributed by atoms with Crippen LogP contribution < -0.4 is 5.32 Å². The molecule has 0 spiro atoms. The van der Waals surface area contributed by atoms with Crippen molar-refractivity contribution in [3.63, 3.8) is 0 Å². The second kappa shape index (κ2) is 6.38. The number of aromatic nitrogens is 1. The fraction of sp³-hybridized carbons (Fsp3) is 0.267. The van der Waals surface area contributed by atoms with Crippen LogP contribution in [0.2, 0.25) is 0 Å². The van der Waals surface area contributed by atoms with Crippen LogP contribution in [0.3, 0.4) is 0 Å². The Balaban J connectivity index is 2.09. The van der Waals surface area contributed by atoms with E-state index in [-0.39, 0.29) is 11.9 Å². The van der Waals surface area contributed by atoms with E-state index in [0.29, 0.717) is 18.4 Å². The number of hydrogen-bond donors (Lipinski definition) is 1. The second-order valence-corrected chi connectivity index (χ2v) is 4.45. The van der Waals surface area contributed by atoms with Crippen LogP contribution in [-0.2, 0) is 12.8 Å². The molecular weight excluding hydrogens is 246 g/mol. The predicted molar refractivity (Wildman–Crippen MR) is 70.9 cm³/mol. The highest BCUT2D eigenvalue weighted by Crippen LogP contribution is 2.13. The molecule has 0 aliphatic rings. The quantitative estimate of drug-likeness (QED) is 0.896. The van der Waals surface area contributed by atoms with Crippen molar-refractivity contribution < 1.29 is 8.78 Å². The van der Waals surface area contributed by atoms with Gasteiger partial charge in [0.15, 0.2) is 0 Å². The zero-order valence-electron chi connectivity index (χ0n) is 10.7. The fourth-order valence-electron chi connectivity index (χ4n) is 2.01. The number of nitrogens with one attached hydrogen (secondary N) is 1. The highest BCUT2D eigenvalue weighted by molar-refractivity contribution is 5.20. The summed E-state index contributed by atoms with van der Waals surface area (Å²) in [5.41, 5.74) is 1.31. The summed E-state index contributed by atoms with van der Waals surface area (Å²) in [7, 11) is 1.81. The van der Waals surface area contributed by atoms with Gasteiger partial charge >= 0.3 is 0 Å². The molecule has 2 aromatic rings. The van der Waals surface area contributed by atoms with Gasteiger partial charge in [0.25, 0.3) is 0 Å². The van der Waals surface area contributed by atoms with Crippen LogP contribution in [0.25, 0.3) is 0 Å². The molecular formula is C15H16F2N2. The van der Waals surface area contributed by atoms with E-state index in [4.69, 9.17) is 0 Å². The molecule has 0 fully saturated rings. The van der Waals surface area contributed by atoms with Crippen molar-refractivity contribution in [1.29, 1.82) is 0 Å². The van der Waals surface area contributed by atoms with E-state index in [0.717, 1.165) is 17.8 Å². The molecule has 1 aromatic heterocycles. The Hall–Kier alpha value is -1.81. The van der Waals surface area contributed by atoms with Crippen molar-refractivity contribution >= 4 is 0 Å². The van der Waals surface area contributed by atoms with E-state index in [1.807, 2.05) is 25.2 Å². The van der Waals surface area contributed by atoms with Crippen LogP contribution in [0.1, 0.15) is 11.3 Å². The lowest BCUT2D eigenvalue weighted by Gasteiger charge is -2.16. The molecule has 0 radical (unpaired) electrons. The maximum Gasteiger partial charge on any atom is 0.126 e. The molecule has 2 rings (SSSR count). The van der Waals surface area contributed by atoms with Gasteiger partial charge in [-0.3, -0.25) is 4.98 Å². The number of likely N-dealkylation sites (N-methyl/N-ethyl adjacent to an activating group) is 1. The minimum absolute atomic E-state index is 0.0196. The Morgan fingerprint density at radius 1 is 1.16 bits per heavy atom. The summed E-state index contributed by atoms with van der Waals surface area (Å²) in [6.45, 7) is 0. The summed E-state index contributed by atoms with van der Waals surface area (Å²) >= 11 is 0. The predicted octanol–water partition coefficient (Wildman–Crippen LogP) is 2.73. The Kier molecular flexibility index (Phi) is 4.58. The summed E-state index contributed by atoms with van der Waals surface area (Å²) in [5.74, 6) is -0.785. The highest BCUT2D eigenvalue weighted by atomic mass is 19.1. The third-order valence-electron chi connectivity index (χ3n) is 3.06. The molecule has 0 saturated carbocycles. The third-order valence-corrected chi connectivity index (χ3v) is 3.06. The SMILES string of the molecule is CNC(Cc1ccccn1)Cc1cc(F)ccc1F. The van der Waals surface area contributed by atoms with Crippen LogP contribution >= 0.6 is 0 Å². The van der Waals surface area contributed by atoms with Gasteiger partial charge < -0.3 is 5.32 Å². The number of halogens is 2. The normalized spacial score (nSPS) is 12.4. The first-order valence-corrected chi connectivity index (χ1v) is 6.20. The molecule has 1 unspecified atom stereocenters. The van der Waals surface area contributed by atoms with Crippen LogP contribution in [-0.4, -0.2) is 18.1 Å². The number of nitrogens with zero attached hydrogens (tertiary/aromatic N) is 1. The zero-order valence-corrected chi connectivity index (χ0v) is 10.7. The van der Waals surface area contributed by atoms with Crippen molar-refractivity contribution in [2.75, 3.05) is 7.05 Å². The zero-order chi connectivity index (χ0) is 13.7. The molecule has 19 heavy (non-hydrogen) atoms. The molecule has 0 aliphatic carbocycles. The summed E-state index contributed by atoms with van der Waals surface area (Å²) in [6.07, 6.45) is 2.83. The highest BCUT2D eigenvalue weighted by Gasteiger charge is 2.12. The maximum absolute atomic E-state index is 13.6. The molecule has 1 heterocycles.